The predicted octanol–water partition coefficient (Wildman–Crippen LogP) is 1.69. The van der Waals surface area contributed by atoms with Gasteiger partial charge in [0.25, 0.3) is 0 Å². The van der Waals surface area contributed by atoms with Crippen molar-refractivity contribution in [2.45, 2.75) is 57.3 Å². The number of hydrogen-bond donors (Lipinski definition) is 1. The molecule has 0 radical (unpaired) electrons. The summed E-state index contributed by atoms with van der Waals surface area (Å²) in [7, 11) is 0. The van der Waals surface area contributed by atoms with Gasteiger partial charge in [0, 0.05) is 46.3 Å². The Labute approximate surface area is 179 Å². The van der Waals surface area contributed by atoms with Crippen LogP contribution in [0.4, 0.5) is 26.3 Å². The van der Waals surface area contributed by atoms with E-state index in [0.29, 0.717) is 18.9 Å². The molecule has 5 unspecified atom stereocenters. The second-order valence-electron chi connectivity index (χ2n) is 8.89. The average molecular weight is 465 g/mol. The first-order chi connectivity index (χ1) is 14.7. The third-order valence-corrected chi connectivity index (χ3v) is 7.07. The first kappa shape index (κ1) is 24.3. The normalized spacial score (nSPS) is 33.2. The molecule has 1 aliphatic heterocycles. The fourth-order valence-corrected chi connectivity index (χ4v) is 5.24. The van der Waals surface area contributed by atoms with Crippen LogP contribution in [-0.2, 0) is 15.8 Å². The Kier molecular flexibility index (Phi) is 6.03. The van der Waals surface area contributed by atoms with Gasteiger partial charge < -0.3 is 25.1 Å². The summed E-state index contributed by atoms with van der Waals surface area (Å²) < 4.78 is 85.1. The van der Waals surface area contributed by atoms with Crippen LogP contribution in [0.2, 0.25) is 0 Å². The molecule has 1 saturated carbocycles. The summed E-state index contributed by atoms with van der Waals surface area (Å²) >= 11 is 0. The van der Waals surface area contributed by atoms with E-state index >= 15 is 4.39 Å². The van der Waals surface area contributed by atoms with Crippen LogP contribution in [0.25, 0.3) is 0 Å². The largest absolute Gasteiger partial charge is 0.549 e. The van der Waals surface area contributed by atoms with Gasteiger partial charge in [0.2, 0.25) is 0 Å². The molecule has 1 aromatic carbocycles. The van der Waals surface area contributed by atoms with Gasteiger partial charge in [-0.3, -0.25) is 0 Å². The van der Waals surface area contributed by atoms with Crippen LogP contribution in [0.5, 0.6) is 0 Å². The minimum Gasteiger partial charge on any atom is -0.549 e. The minimum absolute atomic E-state index is 0.219. The van der Waals surface area contributed by atoms with Gasteiger partial charge in [0.15, 0.2) is 0 Å². The van der Waals surface area contributed by atoms with Crippen LogP contribution >= 0.6 is 0 Å². The number of carboxylic acid groups (broad SMARTS) is 2. The Morgan fingerprint density at radius 3 is 2.12 bits per heavy atom. The quantitative estimate of drug-likeness (QED) is 0.646. The monoisotopic (exact) mass is 465 g/mol. The van der Waals surface area contributed by atoms with E-state index in [1.807, 2.05) is 0 Å². The molecule has 1 aliphatic carbocycles. The van der Waals surface area contributed by atoms with Gasteiger partial charge in [0.05, 0.1) is 5.56 Å². The van der Waals surface area contributed by atoms with Crippen molar-refractivity contribution in [3.05, 3.63) is 34.9 Å². The molecule has 1 aromatic rings. The maximum absolute atomic E-state index is 15.1. The van der Waals surface area contributed by atoms with Crippen LogP contribution in [-0.4, -0.2) is 30.7 Å². The lowest BCUT2D eigenvalue weighted by atomic mass is 9.50. The van der Waals surface area contributed by atoms with Crippen LogP contribution in [0.3, 0.4) is 0 Å². The molecule has 32 heavy (non-hydrogen) atoms. The van der Waals surface area contributed by atoms with E-state index in [9.17, 15) is 41.8 Å². The molecule has 5 nitrogen and oxygen atoms in total. The van der Waals surface area contributed by atoms with E-state index in [4.69, 9.17) is 0 Å². The number of halogens is 6. The molecule has 1 N–H and O–H groups in total. The number of benzene rings is 1. The second kappa shape index (κ2) is 7.93. The van der Waals surface area contributed by atoms with Gasteiger partial charge in [0.1, 0.15) is 18.3 Å². The van der Waals surface area contributed by atoms with Crippen LogP contribution in [0, 0.1) is 28.4 Å². The van der Waals surface area contributed by atoms with Crippen LogP contribution in [0.1, 0.15) is 50.2 Å². The van der Waals surface area contributed by atoms with Gasteiger partial charge in [-0.25, -0.2) is 13.2 Å². The van der Waals surface area contributed by atoms with Crippen molar-refractivity contribution in [3.8, 4) is 0 Å². The molecule has 5 atom stereocenters. The average Bonchev–Trinajstić information content (AvgIpc) is 3.49. The van der Waals surface area contributed by atoms with Crippen molar-refractivity contribution in [1.29, 1.82) is 0 Å². The summed E-state index contributed by atoms with van der Waals surface area (Å²) in [6.07, 6.45) is -4.82. The number of piperidine rings is 1. The Morgan fingerprint density at radius 1 is 1.12 bits per heavy atom. The molecule has 2 fully saturated rings. The zero-order chi connectivity index (χ0) is 24.2. The van der Waals surface area contributed by atoms with Gasteiger partial charge in [-0.2, -0.15) is 13.2 Å². The highest BCUT2D eigenvalue weighted by atomic mass is 19.4. The zero-order valence-electron chi connectivity index (χ0n) is 17.2. The number of alkyl halides is 4. The minimum atomic E-state index is -5.50. The van der Waals surface area contributed by atoms with Crippen molar-refractivity contribution in [2.75, 3.05) is 6.67 Å². The number of carbonyl (C=O) groups excluding carboxylic acids is 2. The molecule has 1 heterocycles. The van der Waals surface area contributed by atoms with Crippen molar-refractivity contribution in [2.24, 2.45) is 16.7 Å². The zero-order valence-corrected chi connectivity index (χ0v) is 17.2. The van der Waals surface area contributed by atoms with Crippen molar-refractivity contribution in [1.82, 2.24) is 5.32 Å². The number of aliphatic carboxylic acids is 2. The highest BCUT2D eigenvalue weighted by Gasteiger charge is 2.63. The van der Waals surface area contributed by atoms with E-state index < -0.39 is 76.4 Å². The third kappa shape index (κ3) is 3.54. The fraction of sp³-hybridized carbons (Fsp3) is 0.619. The maximum Gasteiger partial charge on any atom is 0.419 e. The molecule has 0 bridgehead atoms. The Bertz CT molecular complexity index is 934. The molecular weight excluding hydrogens is 444 g/mol. The lowest BCUT2D eigenvalue weighted by Gasteiger charge is -2.61. The molecule has 178 valence electrons. The lowest BCUT2D eigenvalue weighted by molar-refractivity contribution is -0.336. The highest BCUT2D eigenvalue weighted by Crippen LogP contribution is 2.61. The summed E-state index contributed by atoms with van der Waals surface area (Å²) in [5.74, 6) is -10.2. The molecule has 0 aromatic heterocycles. The first-order valence-electron chi connectivity index (χ1n) is 10.0. The third-order valence-electron chi connectivity index (χ3n) is 7.07. The summed E-state index contributed by atoms with van der Waals surface area (Å²) in [6.45, 7) is 0.592. The molecule has 11 heteroatoms. The Hall–Kier alpha value is -2.30. The van der Waals surface area contributed by atoms with E-state index in [-0.39, 0.29) is 18.4 Å². The number of carboxylic acids is 2. The van der Waals surface area contributed by atoms with Gasteiger partial charge in [-0.15, -0.1) is 0 Å². The Balaban J connectivity index is 2.48. The molecule has 3 rings (SSSR count). The highest BCUT2D eigenvalue weighted by molar-refractivity contribution is 5.82. The van der Waals surface area contributed by atoms with Crippen LogP contribution in [0.15, 0.2) is 12.1 Å². The second-order valence-corrected chi connectivity index (χ2v) is 8.89. The van der Waals surface area contributed by atoms with E-state index in [1.165, 1.54) is 6.92 Å². The van der Waals surface area contributed by atoms with Gasteiger partial charge in [-0.05, 0) is 31.4 Å². The smallest absolute Gasteiger partial charge is 0.419 e. The van der Waals surface area contributed by atoms with Gasteiger partial charge >= 0.3 is 6.18 Å². The van der Waals surface area contributed by atoms with Crippen molar-refractivity contribution < 1.29 is 46.1 Å². The van der Waals surface area contributed by atoms with E-state index in [1.54, 1.807) is 0 Å². The van der Waals surface area contributed by atoms with E-state index in [2.05, 4.69) is 5.32 Å². The lowest BCUT2D eigenvalue weighted by Crippen LogP contribution is -2.73. The summed E-state index contributed by atoms with van der Waals surface area (Å²) in [6, 6.07) is -2.47. The number of rotatable bonds is 6. The summed E-state index contributed by atoms with van der Waals surface area (Å²) in [4.78, 5) is 24.8. The van der Waals surface area contributed by atoms with Crippen LogP contribution < -0.4 is 15.5 Å². The summed E-state index contributed by atoms with van der Waals surface area (Å²) in [5.41, 5.74) is -8.70. The van der Waals surface area contributed by atoms with Crippen molar-refractivity contribution in [3.63, 3.8) is 0 Å². The number of nitrogens with one attached hydrogen (secondary N) is 1. The topological polar surface area (TPSA) is 92.3 Å². The van der Waals surface area contributed by atoms with Gasteiger partial charge in [-0.1, -0.05) is 19.8 Å². The SMILES string of the molecule is CC1NC(CF)C(C)(C(=O)[O-])C(c2c(F)ccc(F)c2C(F)(F)F)C1(CC1CC1)C(=O)[O-]. The molecular formula is C21H21F6NO4-2. The molecule has 0 amide bonds. The number of carbonyl (C=O) groups is 2. The molecule has 1 saturated heterocycles. The Morgan fingerprint density at radius 2 is 1.69 bits per heavy atom. The predicted molar refractivity (Wildman–Crippen MR) is 94.4 cm³/mol. The summed E-state index contributed by atoms with van der Waals surface area (Å²) in [5, 5.41) is 27.3. The molecule has 2 aliphatic rings. The maximum atomic E-state index is 15.1. The molecule has 0 spiro atoms. The first-order valence-corrected chi connectivity index (χ1v) is 10.0. The van der Waals surface area contributed by atoms with E-state index in [0.717, 1.165) is 6.92 Å². The fourth-order valence-electron chi connectivity index (χ4n) is 5.24. The standard InChI is InChI=1S/C21H23F6NO4/c1-9-20(18(31)32,7-10-3-4-10)16(19(2,17(29)30)13(8-22)28-9)14-11(23)5-6-12(24)15(14)21(25,26)27/h5-6,9-10,13,16,28H,3-4,7-8H2,1-2H3,(H,29,30)(H,31,32)/p-2. The number of hydrogen-bond acceptors (Lipinski definition) is 5. The van der Waals surface area contributed by atoms with Crippen molar-refractivity contribution >= 4 is 11.9 Å².